The Morgan fingerprint density at radius 1 is 1.09 bits per heavy atom. The number of nitrogens with one attached hydrogen (secondary N) is 1. The number of anilines is 1. The molecular formula is C16H20N2O4. The van der Waals surface area contributed by atoms with Gasteiger partial charge in [-0.2, -0.15) is 0 Å². The fourth-order valence-electron chi connectivity index (χ4n) is 2.51. The number of esters is 1. The van der Waals surface area contributed by atoms with E-state index in [-0.39, 0.29) is 18.5 Å². The minimum Gasteiger partial charge on any atom is -0.455 e. The predicted molar refractivity (Wildman–Crippen MR) is 81.1 cm³/mol. The van der Waals surface area contributed by atoms with Crippen molar-refractivity contribution >= 4 is 23.5 Å². The molecule has 22 heavy (non-hydrogen) atoms. The maximum absolute atomic E-state index is 11.8. The van der Waals surface area contributed by atoms with E-state index < -0.39 is 11.8 Å². The molecule has 1 aromatic rings. The molecular weight excluding hydrogens is 284 g/mol. The van der Waals surface area contributed by atoms with E-state index in [1.165, 1.54) is 12.1 Å². The average molecular weight is 304 g/mol. The van der Waals surface area contributed by atoms with Crippen molar-refractivity contribution < 1.29 is 19.1 Å². The van der Waals surface area contributed by atoms with Gasteiger partial charge in [-0.15, -0.1) is 0 Å². The van der Waals surface area contributed by atoms with E-state index in [0.717, 1.165) is 32.1 Å². The maximum atomic E-state index is 11.8. The highest BCUT2D eigenvalue weighted by Crippen LogP contribution is 2.24. The largest absolute Gasteiger partial charge is 0.455 e. The molecule has 3 N–H and O–H groups in total. The van der Waals surface area contributed by atoms with Crippen LogP contribution in [-0.2, 0) is 14.3 Å². The maximum Gasteiger partial charge on any atom is 0.309 e. The molecule has 1 aromatic carbocycles. The van der Waals surface area contributed by atoms with E-state index in [2.05, 4.69) is 5.32 Å². The van der Waals surface area contributed by atoms with Gasteiger partial charge in [0.05, 0.1) is 5.92 Å². The van der Waals surface area contributed by atoms with Crippen molar-refractivity contribution in [3.63, 3.8) is 0 Å². The average Bonchev–Trinajstić information content (AvgIpc) is 2.54. The van der Waals surface area contributed by atoms with Crippen LogP contribution >= 0.6 is 0 Å². The molecule has 0 unspecified atom stereocenters. The van der Waals surface area contributed by atoms with Crippen molar-refractivity contribution in [3.05, 3.63) is 29.8 Å². The fourth-order valence-corrected chi connectivity index (χ4v) is 2.51. The Balaban J connectivity index is 1.77. The summed E-state index contributed by atoms with van der Waals surface area (Å²) in [5, 5.41) is 2.60. The predicted octanol–water partition coefficient (Wildman–Crippen LogP) is 1.85. The Kier molecular flexibility index (Phi) is 5.52. The lowest BCUT2D eigenvalue weighted by Gasteiger charge is -2.19. The number of carbonyl (C=O) groups is 3. The van der Waals surface area contributed by atoms with Crippen LogP contribution in [0.2, 0.25) is 0 Å². The molecule has 1 aliphatic rings. The molecule has 0 bridgehead atoms. The lowest BCUT2D eigenvalue weighted by Crippen LogP contribution is -2.26. The third-order valence-electron chi connectivity index (χ3n) is 3.74. The molecule has 0 aromatic heterocycles. The minimum absolute atomic E-state index is 0.0728. The summed E-state index contributed by atoms with van der Waals surface area (Å²) in [6, 6.07) is 6.18. The molecule has 0 atom stereocenters. The highest BCUT2D eigenvalue weighted by molar-refractivity contribution is 5.95. The Morgan fingerprint density at radius 3 is 2.32 bits per heavy atom. The number of ether oxygens (including phenoxy) is 1. The summed E-state index contributed by atoms with van der Waals surface area (Å²) in [6.45, 7) is -0.299. The van der Waals surface area contributed by atoms with E-state index in [4.69, 9.17) is 10.5 Å². The molecule has 0 aliphatic heterocycles. The summed E-state index contributed by atoms with van der Waals surface area (Å²) in [4.78, 5) is 34.5. The fraction of sp³-hybridized carbons (Fsp3) is 0.438. The Hall–Kier alpha value is -2.37. The van der Waals surface area contributed by atoms with Gasteiger partial charge in [-0.3, -0.25) is 14.4 Å². The number of hydrogen-bond acceptors (Lipinski definition) is 4. The smallest absolute Gasteiger partial charge is 0.309 e. The molecule has 1 aliphatic carbocycles. The zero-order valence-corrected chi connectivity index (χ0v) is 12.3. The molecule has 1 fully saturated rings. The second-order valence-corrected chi connectivity index (χ2v) is 5.43. The number of amides is 2. The highest BCUT2D eigenvalue weighted by Gasteiger charge is 2.23. The van der Waals surface area contributed by atoms with Crippen LogP contribution < -0.4 is 11.1 Å². The summed E-state index contributed by atoms with van der Waals surface area (Å²) in [7, 11) is 0. The molecule has 1 saturated carbocycles. The second-order valence-electron chi connectivity index (χ2n) is 5.43. The number of nitrogens with two attached hydrogens (primary N) is 1. The quantitative estimate of drug-likeness (QED) is 0.811. The van der Waals surface area contributed by atoms with Gasteiger partial charge in [-0.1, -0.05) is 19.3 Å². The van der Waals surface area contributed by atoms with Crippen LogP contribution in [0.25, 0.3) is 0 Å². The SMILES string of the molecule is NC(=O)c1ccc(NC(=O)COC(=O)C2CCCCC2)cc1. The third-order valence-corrected chi connectivity index (χ3v) is 3.74. The zero-order chi connectivity index (χ0) is 15.9. The summed E-state index contributed by atoms with van der Waals surface area (Å²) in [5.74, 6) is -1.30. The normalized spacial score (nSPS) is 15.1. The first kappa shape index (κ1) is 16.0. The third kappa shape index (κ3) is 4.58. The Bertz CT molecular complexity index is 548. The van der Waals surface area contributed by atoms with Crippen LogP contribution in [-0.4, -0.2) is 24.4 Å². The lowest BCUT2D eigenvalue weighted by molar-refractivity contribution is -0.152. The van der Waals surface area contributed by atoms with Gasteiger partial charge in [0.1, 0.15) is 0 Å². The van der Waals surface area contributed by atoms with Crippen molar-refractivity contribution in [1.82, 2.24) is 0 Å². The summed E-state index contributed by atoms with van der Waals surface area (Å²) < 4.78 is 5.05. The van der Waals surface area contributed by atoms with Gasteiger partial charge in [0.2, 0.25) is 5.91 Å². The van der Waals surface area contributed by atoms with Gasteiger partial charge in [-0.05, 0) is 37.1 Å². The number of rotatable bonds is 5. The van der Waals surface area contributed by atoms with Gasteiger partial charge in [0, 0.05) is 11.3 Å². The standard InChI is InChI=1S/C16H20N2O4/c17-15(20)11-6-8-13(9-7-11)18-14(19)10-22-16(21)12-4-2-1-3-5-12/h6-9,12H,1-5,10H2,(H2,17,20)(H,18,19). The van der Waals surface area contributed by atoms with Gasteiger partial charge >= 0.3 is 5.97 Å². The summed E-state index contributed by atoms with van der Waals surface area (Å²) >= 11 is 0. The van der Waals surface area contributed by atoms with Gasteiger partial charge in [0.25, 0.3) is 5.91 Å². The lowest BCUT2D eigenvalue weighted by atomic mass is 9.89. The molecule has 0 radical (unpaired) electrons. The molecule has 6 nitrogen and oxygen atoms in total. The van der Waals surface area contributed by atoms with Crippen molar-refractivity contribution in [2.45, 2.75) is 32.1 Å². The van der Waals surface area contributed by atoms with Crippen LogP contribution in [0.1, 0.15) is 42.5 Å². The van der Waals surface area contributed by atoms with E-state index in [0.29, 0.717) is 11.3 Å². The molecule has 0 saturated heterocycles. The van der Waals surface area contributed by atoms with E-state index >= 15 is 0 Å². The van der Waals surface area contributed by atoms with Crippen molar-refractivity contribution in [2.75, 3.05) is 11.9 Å². The van der Waals surface area contributed by atoms with Gasteiger partial charge in [0.15, 0.2) is 6.61 Å². The van der Waals surface area contributed by atoms with Crippen molar-refractivity contribution in [1.29, 1.82) is 0 Å². The van der Waals surface area contributed by atoms with Crippen LogP contribution in [0.3, 0.4) is 0 Å². The monoisotopic (exact) mass is 304 g/mol. The number of hydrogen-bond donors (Lipinski definition) is 2. The van der Waals surface area contributed by atoms with Gasteiger partial charge in [-0.25, -0.2) is 0 Å². The van der Waals surface area contributed by atoms with Crippen LogP contribution in [0.4, 0.5) is 5.69 Å². The van der Waals surface area contributed by atoms with Gasteiger partial charge < -0.3 is 15.8 Å². The highest BCUT2D eigenvalue weighted by atomic mass is 16.5. The van der Waals surface area contributed by atoms with Crippen molar-refractivity contribution in [3.8, 4) is 0 Å². The van der Waals surface area contributed by atoms with E-state index in [1.54, 1.807) is 12.1 Å². The van der Waals surface area contributed by atoms with Crippen LogP contribution in [0.5, 0.6) is 0 Å². The molecule has 2 amide bonds. The number of carbonyl (C=O) groups excluding carboxylic acids is 3. The van der Waals surface area contributed by atoms with Crippen LogP contribution in [0.15, 0.2) is 24.3 Å². The molecule has 118 valence electrons. The summed E-state index contributed by atoms with van der Waals surface area (Å²) in [5.41, 5.74) is 6.01. The van der Waals surface area contributed by atoms with Crippen LogP contribution in [0, 0.1) is 5.92 Å². The molecule has 0 heterocycles. The zero-order valence-electron chi connectivity index (χ0n) is 12.3. The second kappa shape index (κ2) is 7.59. The number of benzene rings is 1. The Labute approximate surface area is 129 Å². The van der Waals surface area contributed by atoms with E-state index in [1.807, 2.05) is 0 Å². The first-order chi connectivity index (χ1) is 10.6. The first-order valence-electron chi connectivity index (χ1n) is 7.42. The van der Waals surface area contributed by atoms with Crippen molar-refractivity contribution in [2.24, 2.45) is 11.7 Å². The van der Waals surface area contributed by atoms with E-state index in [9.17, 15) is 14.4 Å². The topological polar surface area (TPSA) is 98.5 Å². The molecule has 6 heteroatoms. The number of primary amides is 1. The molecule has 0 spiro atoms. The molecule has 2 rings (SSSR count). The first-order valence-corrected chi connectivity index (χ1v) is 7.42. The minimum atomic E-state index is -0.528. The summed E-state index contributed by atoms with van der Waals surface area (Å²) in [6.07, 6.45) is 4.92. The Morgan fingerprint density at radius 2 is 1.73 bits per heavy atom.